The first-order valence-corrected chi connectivity index (χ1v) is 11.0. The van der Waals surface area contributed by atoms with Crippen molar-refractivity contribution in [3.05, 3.63) is 78.6 Å². The number of fused-ring (bicyclic) bond motifs is 1. The van der Waals surface area contributed by atoms with Gasteiger partial charge in [0.2, 0.25) is 0 Å². The molecule has 172 valence electrons. The van der Waals surface area contributed by atoms with Crippen molar-refractivity contribution in [1.29, 1.82) is 0 Å². The summed E-state index contributed by atoms with van der Waals surface area (Å²) in [7, 11) is 1.88. The molecule has 0 aliphatic rings. The molecule has 0 atom stereocenters. The zero-order chi connectivity index (χ0) is 23.9. The predicted molar refractivity (Wildman–Crippen MR) is 129 cm³/mol. The predicted octanol–water partition coefficient (Wildman–Crippen LogP) is 3.68. The first-order valence-electron chi connectivity index (χ1n) is 11.0. The van der Waals surface area contributed by atoms with Gasteiger partial charge in [-0.05, 0) is 32.4 Å². The Hall–Kier alpha value is -4.27. The van der Waals surface area contributed by atoms with Crippen molar-refractivity contribution in [3.63, 3.8) is 0 Å². The van der Waals surface area contributed by atoms with Gasteiger partial charge in [0.15, 0.2) is 0 Å². The molecule has 0 spiro atoms. The van der Waals surface area contributed by atoms with Crippen molar-refractivity contribution >= 4 is 11.6 Å². The van der Waals surface area contributed by atoms with Crippen molar-refractivity contribution in [2.24, 2.45) is 7.05 Å². The van der Waals surface area contributed by atoms with Crippen LogP contribution in [0.3, 0.4) is 0 Å². The molecule has 9 nitrogen and oxygen atoms in total. The molecule has 1 N–H and O–H groups in total. The summed E-state index contributed by atoms with van der Waals surface area (Å²) in [6, 6.07) is 11.7. The Morgan fingerprint density at radius 3 is 2.53 bits per heavy atom. The molecule has 9 heteroatoms. The van der Waals surface area contributed by atoms with E-state index in [1.807, 2.05) is 81.1 Å². The fraction of sp³-hybridized carbons (Fsp3) is 0.240. The Morgan fingerprint density at radius 2 is 1.85 bits per heavy atom. The highest BCUT2D eigenvalue weighted by molar-refractivity contribution is 5.92. The third-order valence-corrected chi connectivity index (χ3v) is 5.56. The van der Waals surface area contributed by atoms with Crippen LogP contribution in [0.25, 0.3) is 28.3 Å². The van der Waals surface area contributed by atoms with Crippen LogP contribution < -0.4 is 5.32 Å². The van der Waals surface area contributed by atoms with Gasteiger partial charge in [0.25, 0.3) is 5.91 Å². The molecule has 34 heavy (non-hydrogen) atoms. The molecule has 0 fully saturated rings. The van der Waals surface area contributed by atoms with Crippen molar-refractivity contribution in [2.45, 2.75) is 32.9 Å². The summed E-state index contributed by atoms with van der Waals surface area (Å²) in [6.45, 7) is 6.54. The van der Waals surface area contributed by atoms with Crippen LogP contribution in [0.4, 0.5) is 0 Å². The summed E-state index contributed by atoms with van der Waals surface area (Å²) in [6.07, 6.45) is 9.21. The summed E-state index contributed by atoms with van der Waals surface area (Å²) < 4.78 is 5.51. The van der Waals surface area contributed by atoms with Gasteiger partial charge in [-0.15, -0.1) is 0 Å². The minimum Gasteiger partial charge on any atom is -0.347 e. The molecule has 0 saturated carbocycles. The van der Waals surface area contributed by atoms with Crippen LogP contribution in [-0.4, -0.2) is 39.8 Å². The van der Waals surface area contributed by atoms with Gasteiger partial charge >= 0.3 is 0 Å². The molecule has 1 aromatic carbocycles. The van der Waals surface area contributed by atoms with Gasteiger partial charge in [-0.25, -0.2) is 9.97 Å². The minimum atomic E-state index is -0.196. The average Bonchev–Trinajstić information content (AvgIpc) is 3.57. The fourth-order valence-electron chi connectivity index (χ4n) is 3.69. The summed E-state index contributed by atoms with van der Waals surface area (Å²) in [4.78, 5) is 21.9. The van der Waals surface area contributed by atoms with E-state index in [9.17, 15) is 4.79 Å². The Labute approximate surface area is 197 Å². The summed E-state index contributed by atoms with van der Waals surface area (Å²) in [5.41, 5.74) is 4.73. The van der Waals surface area contributed by atoms with E-state index >= 15 is 0 Å². The fourth-order valence-corrected chi connectivity index (χ4v) is 3.69. The van der Waals surface area contributed by atoms with E-state index in [1.165, 1.54) is 0 Å². The number of nitrogens with zero attached hydrogens (tertiary/aromatic N) is 7. The maximum Gasteiger partial charge on any atom is 0.272 e. The lowest BCUT2D eigenvalue weighted by Crippen LogP contribution is -2.26. The van der Waals surface area contributed by atoms with E-state index in [-0.39, 0.29) is 11.4 Å². The highest BCUT2D eigenvalue weighted by Gasteiger charge is 2.17. The Kier molecular flexibility index (Phi) is 5.24. The molecule has 0 bridgehead atoms. The van der Waals surface area contributed by atoms with Crippen LogP contribution in [0.15, 0.2) is 67.4 Å². The highest BCUT2D eigenvalue weighted by Crippen LogP contribution is 2.25. The van der Waals surface area contributed by atoms with E-state index in [0.29, 0.717) is 12.2 Å². The second kappa shape index (κ2) is 8.26. The maximum absolute atomic E-state index is 12.5. The van der Waals surface area contributed by atoms with Crippen LogP contribution in [0.5, 0.6) is 0 Å². The SMILES string of the molecule is Cn1cc(-c2cc3nccn3c(-c3ccc(CNC(=O)c4ccn(C(C)(C)C)n4)cc3)n2)cn1. The monoisotopic (exact) mass is 454 g/mol. The van der Waals surface area contributed by atoms with Gasteiger partial charge < -0.3 is 5.32 Å². The number of rotatable bonds is 5. The molecule has 4 heterocycles. The summed E-state index contributed by atoms with van der Waals surface area (Å²) in [5.74, 6) is 0.593. The molecule has 1 amide bonds. The first kappa shape index (κ1) is 21.6. The van der Waals surface area contributed by atoms with Crippen molar-refractivity contribution in [3.8, 4) is 22.6 Å². The second-order valence-electron chi connectivity index (χ2n) is 9.22. The van der Waals surface area contributed by atoms with Crippen LogP contribution >= 0.6 is 0 Å². The van der Waals surface area contributed by atoms with E-state index < -0.39 is 0 Å². The Morgan fingerprint density at radius 1 is 1.06 bits per heavy atom. The van der Waals surface area contributed by atoms with Gasteiger partial charge in [-0.3, -0.25) is 18.6 Å². The number of carbonyl (C=O) groups excluding carboxylic acids is 1. The number of aromatic nitrogens is 7. The smallest absolute Gasteiger partial charge is 0.272 e. The molecule has 0 saturated heterocycles. The van der Waals surface area contributed by atoms with Gasteiger partial charge in [0.1, 0.15) is 17.2 Å². The Bertz CT molecular complexity index is 1470. The topological polar surface area (TPSA) is 94.9 Å². The second-order valence-corrected chi connectivity index (χ2v) is 9.22. The first-order chi connectivity index (χ1) is 16.3. The van der Waals surface area contributed by atoms with Crippen molar-refractivity contribution < 1.29 is 4.79 Å². The number of imidazole rings is 1. The summed E-state index contributed by atoms with van der Waals surface area (Å²) in [5, 5.41) is 11.6. The molecule has 5 aromatic rings. The number of carbonyl (C=O) groups is 1. The standard InChI is InChI=1S/C25H26N8O/c1-25(2,3)33-11-9-20(30-33)24(34)27-14-17-5-7-18(8-6-17)23-29-21(19-15-28-31(4)16-19)13-22-26-10-12-32(22)23/h5-13,15-16H,14H2,1-4H3,(H,27,34). The molecule has 0 unspecified atom stereocenters. The van der Waals surface area contributed by atoms with Crippen LogP contribution in [0.1, 0.15) is 36.8 Å². The van der Waals surface area contributed by atoms with E-state index in [1.54, 1.807) is 27.8 Å². The Balaban J connectivity index is 1.35. The molecular weight excluding hydrogens is 428 g/mol. The van der Waals surface area contributed by atoms with Gasteiger partial charge in [-0.2, -0.15) is 10.2 Å². The molecule has 4 aromatic heterocycles. The number of aryl methyl sites for hydroxylation is 1. The van der Waals surface area contributed by atoms with Crippen molar-refractivity contribution in [1.82, 2.24) is 39.2 Å². The van der Waals surface area contributed by atoms with Crippen LogP contribution in [0.2, 0.25) is 0 Å². The third kappa shape index (κ3) is 4.19. The summed E-state index contributed by atoms with van der Waals surface area (Å²) >= 11 is 0. The quantitative estimate of drug-likeness (QED) is 0.437. The zero-order valence-electron chi connectivity index (χ0n) is 19.6. The van der Waals surface area contributed by atoms with Crippen molar-refractivity contribution in [2.75, 3.05) is 0 Å². The number of hydrogen-bond donors (Lipinski definition) is 1. The number of amides is 1. The molecular formula is C25H26N8O. The van der Waals surface area contributed by atoms with Crippen LogP contribution in [0, 0.1) is 0 Å². The van der Waals surface area contributed by atoms with Gasteiger partial charge in [-0.1, -0.05) is 24.3 Å². The zero-order valence-corrected chi connectivity index (χ0v) is 19.6. The van der Waals surface area contributed by atoms with Gasteiger partial charge in [0.05, 0.1) is 17.4 Å². The molecule has 0 aliphatic carbocycles. The maximum atomic E-state index is 12.5. The lowest BCUT2D eigenvalue weighted by molar-refractivity contribution is 0.0944. The molecule has 0 aliphatic heterocycles. The molecule has 5 rings (SSSR count). The molecule has 0 radical (unpaired) electrons. The number of hydrogen-bond acceptors (Lipinski definition) is 5. The normalized spacial score (nSPS) is 11.8. The van der Waals surface area contributed by atoms with E-state index in [4.69, 9.17) is 4.98 Å². The highest BCUT2D eigenvalue weighted by atomic mass is 16.1. The average molecular weight is 455 g/mol. The lowest BCUT2D eigenvalue weighted by atomic mass is 10.1. The minimum absolute atomic E-state index is 0.169. The van der Waals surface area contributed by atoms with Gasteiger partial charge in [0, 0.05) is 55.6 Å². The van der Waals surface area contributed by atoms with E-state index in [2.05, 4.69) is 20.5 Å². The number of benzene rings is 1. The largest absolute Gasteiger partial charge is 0.347 e. The van der Waals surface area contributed by atoms with Crippen LogP contribution in [-0.2, 0) is 19.1 Å². The van der Waals surface area contributed by atoms with E-state index in [0.717, 1.165) is 33.9 Å². The number of nitrogens with one attached hydrogen (secondary N) is 1. The third-order valence-electron chi connectivity index (χ3n) is 5.56. The lowest BCUT2D eigenvalue weighted by Gasteiger charge is -2.18.